The largest absolute Gasteiger partial charge is 0.368 e. The molecule has 10 nitrogen and oxygen atoms in total. The van der Waals surface area contributed by atoms with Gasteiger partial charge in [-0.25, -0.2) is 9.97 Å². The van der Waals surface area contributed by atoms with Crippen LogP contribution in [-0.2, 0) is 9.59 Å². The van der Waals surface area contributed by atoms with Crippen LogP contribution in [0.1, 0.15) is 19.8 Å². The van der Waals surface area contributed by atoms with Crippen LogP contribution in [0.5, 0.6) is 0 Å². The number of carbonyl (C=O) groups excluding carboxylic acids is 2. The van der Waals surface area contributed by atoms with E-state index < -0.39 is 6.04 Å². The van der Waals surface area contributed by atoms with Crippen molar-refractivity contribution in [2.75, 3.05) is 48.3 Å². The first-order valence-electron chi connectivity index (χ1n) is 13.1. The van der Waals surface area contributed by atoms with Crippen LogP contribution in [0.4, 0.5) is 23.0 Å². The third-order valence-electron chi connectivity index (χ3n) is 6.95. The monoisotopic (exact) mass is 514 g/mol. The molecule has 0 saturated carbocycles. The van der Waals surface area contributed by atoms with Crippen molar-refractivity contribution in [2.24, 2.45) is 5.73 Å². The Morgan fingerprint density at radius 3 is 2.37 bits per heavy atom. The lowest BCUT2D eigenvalue weighted by molar-refractivity contribution is -0.132. The van der Waals surface area contributed by atoms with Gasteiger partial charge in [-0.05, 0) is 68.8 Å². The van der Waals surface area contributed by atoms with Crippen LogP contribution in [-0.4, -0.2) is 71.5 Å². The fourth-order valence-electron chi connectivity index (χ4n) is 4.80. The maximum Gasteiger partial charge on any atom is 0.241 e. The second-order valence-corrected chi connectivity index (χ2v) is 9.75. The number of amides is 2. The van der Waals surface area contributed by atoms with E-state index in [9.17, 15) is 9.59 Å². The van der Waals surface area contributed by atoms with Crippen molar-refractivity contribution in [2.45, 2.75) is 31.8 Å². The summed E-state index contributed by atoms with van der Waals surface area (Å²) in [6.07, 6.45) is 3.63. The van der Waals surface area contributed by atoms with Gasteiger partial charge in [0.05, 0.1) is 17.8 Å². The number of nitrogens with zero attached hydrogens (tertiary/aromatic N) is 4. The van der Waals surface area contributed by atoms with Crippen molar-refractivity contribution < 1.29 is 9.59 Å². The zero-order chi connectivity index (χ0) is 26.5. The number of piperazine rings is 1. The molecule has 2 aliphatic rings. The molecule has 0 spiro atoms. The summed E-state index contributed by atoms with van der Waals surface area (Å²) in [4.78, 5) is 37.6. The fourth-order valence-corrected chi connectivity index (χ4v) is 4.80. The Kier molecular flexibility index (Phi) is 7.81. The standard InChI is InChI=1S/C28H34N8O2/c1-19(29)27(38)36-17-15-35(16-18-36)23-10-8-22(9-11-23)33-28-31-14-12-24(34-28)20-4-6-21(7-5-20)32-26(37)25-3-2-13-30-25/h4-12,14,19,25,30H,2-3,13,15-18,29H2,1H3,(H,32,37)(H,31,33,34)/t19-,25-/m0/s1. The van der Waals surface area contributed by atoms with Crippen molar-refractivity contribution in [1.82, 2.24) is 20.2 Å². The molecular weight excluding hydrogens is 480 g/mol. The highest BCUT2D eigenvalue weighted by Crippen LogP contribution is 2.24. The van der Waals surface area contributed by atoms with Gasteiger partial charge in [0.2, 0.25) is 17.8 Å². The van der Waals surface area contributed by atoms with Gasteiger partial charge in [0.1, 0.15) is 0 Å². The molecule has 38 heavy (non-hydrogen) atoms. The van der Waals surface area contributed by atoms with E-state index in [4.69, 9.17) is 5.73 Å². The molecular formula is C28H34N8O2. The maximum absolute atomic E-state index is 12.3. The molecule has 0 radical (unpaired) electrons. The van der Waals surface area contributed by atoms with Crippen LogP contribution in [0.2, 0.25) is 0 Å². The van der Waals surface area contributed by atoms with E-state index in [0.29, 0.717) is 19.0 Å². The highest BCUT2D eigenvalue weighted by molar-refractivity contribution is 5.95. The van der Waals surface area contributed by atoms with Gasteiger partial charge >= 0.3 is 0 Å². The average molecular weight is 515 g/mol. The zero-order valence-corrected chi connectivity index (χ0v) is 21.6. The van der Waals surface area contributed by atoms with Gasteiger partial charge in [0, 0.05) is 55.0 Å². The van der Waals surface area contributed by atoms with Crippen molar-refractivity contribution in [3.8, 4) is 11.3 Å². The normalized spacial score (nSPS) is 18.2. The second-order valence-electron chi connectivity index (χ2n) is 9.75. The molecule has 2 amide bonds. The SMILES string of the molecule is C[C@H](N)C(=O)N1CCN(c2ccc(Nc3nccc(-c4ccc(NC(=O)[C@@H]5CCCN5)cc4)n3)cc2)CC1. The molecule has 0 unspecified atom stereocenters. The smallest absolute Gasteiger partial charge is 0.241 e. The highest BCUT2D eigenvalue weighted by atomic mass is 16.2. The van der Waals surface area contributed by atoms with Crippen molar-refractivity contribution >= 4 is 34.8 Å². The fraction of sp³-hybridized carbons (Fsp3) is 0.357. The second kappa shape index (κ2) is 11.6. The van der Waals surface area contributed by atoms with Gasteiger partial charge in [-0.15, -0.1) is 0 Å². The van der Waals surface area contributed by atoms with E-state index in [-0.39, 0.29) is 17.9 Å². The van der Waals surface area contributed by atoms with Crippen LogP contribution in [0.25, 0.3) is 11.3 Å². The number of hydrogen-bond donors (Lipinski definition) is 4. The Morgan fingerprint density at radius 2 is 1.71 bits per heavy atom. The van der Waals surface area contributed by atoms with Gasteiger partial charge in [0.15, 0.2) is 0 Å². The van der Waals surface area contributed by atoms with Crippen molar-refractivity contribution in [3.05, 3.63) is 60.8 Å². The number of rotatable bonds is 7. The van der Waals surface area contributed by atoms with Gasteiger partial charge in [-0.1, -0.05) is 12.1 Å². The Hall–Kier alpha value is -4.02. The molecule has 0 aliphatic carbocycles. The topological polar surface area (TPSA) is 129 Å². The van der Waals surface area contributed by atoms with E-state index in [2.05, 4.69) is 43.0 Å². The third kappa shape index (κ3) is 6.09. The van der Waals surface area contributed by atoms with Gasteiger partial charge in [0.25, 0.3) is 0 Å². The number of hydrogen-bond acceptors (Lipinski definition) is 8. The molecule has 0 bridgehead atoms. The van der Waals surface area contributed by atoms with E-state index in [1.165, 1.54) is 0 Å². The van der Waals surface area contributed by atoms with Crippen LogP contribution >= 0.6 is 0 Å². The number of carbonyl (C=O) groups is 2. The summed E-state index contributed by atoms with van der Waals surface area (Å²) < 4.78 is 0. The van der Waals surface area contributed by atoms with Crippen molar-refractivity contribution in [1.29, 1.82) is 0 Å². The van der Waals surface area contributed by atoms with E-state index in [1.807, 2.05) is 47.4 Å². The molecule has 2 atom stereocenters. The summed E-state index contributed by atoms with van der Waals surface area (Å²) in [7, 11) is 0. The first kappa shape index (κ1) is 25.6. The molecule has 2 saturated heterocycles. The third-order valence-corrected chi connectivity index (χ3v) is 6.95. The summed E-state index contributed by atoms with van der Waals surface area (Å²) in [5.74, 6) is 0.516. The molecule has 2 fully saturated rings. The lowest BCUT2D eigenvalue weighted by Gasteiger charge is -2.36. The van der Waals surface area contributed by atoms with Crippen LogP contribution in [0, 0.1) is 0 Å². The minimum atomic E-state index is -0.460. The molecule has 1 aromatic heterocycles. The molecule has 2 aromatic carbocycles. The Morgan fingerprint density at radius 1 is 1.00 bits per heavy atom. The van der Waals surface area contributed by atoms with Crippen LogP contribution in [0.15, 0.2) is 60.8 Å². The molecule has 3 heterocycles. The number of nitrogens with two attached hydrogens (primary N) is 1. The van der Waals surface area contributed by atoms with Crippen LogP contribution in [0.3, 0.4) is 0 Å². The summed E-state index contributed by atoms with van der Waals surface area (Å²) >= 11 is 0. The molecule has 10 heteroatoms. The number of anilines is 4. The predicted molar refractivity (Wildman–Crippen MR) is 149 cm³/mol. The van der Waals surface area contributed by atoms with E-state index >= 15 is 0 Å². The minimum Gasteiger partial charge on any atom is -0.368 e. The predicted octanol–water partition coefficient (Wildman–Crippen LogP) is 2.57. The quantitative estimate of drug-likeness (QED) is 0.379. The van der Waals surface area contributed by atoms with E-state index in [1.54, 1.807) is 13.1 Å². The Labute approximate surface area is 222 Å². The Bertz CT molecular complexity index is 1250. The lowest BCUT2D eigenvalue weighted by atomic mass is 10.1. The zero-order valence-electron chi connectivity index (χ0n) is 21.6. The molecule has 5 rings (SSSR count). The van der Waals surface area contributed by atoms with Crippen molar-refractivity contribution in [3.63, 3.8) is 0 Å². The first-order chi connectivity index (χ1) is 18.5. The van der Waals surface area contributed by atoms with Gasteiger partial charge < -0.3 is 31.5 Å². The number of benzene rings is 2. The Balaban J connectivity index is 1.17. The molecule has 3 aromatic rings. The maximum atomic E-state index is 12.3. The lowest BCUT2D eigenvalue weighted by Crippen LogP contribution is -2.52. The summed E-state index contributed by atoms with van der Waals surface area (Å²) in [5.41, 5.74) is 10.2. The number of nitrogens with one attached hydrogen (secondary N) is 3. The molecule has 198 valence electrons. The van der Waals surface area contributed by atoms with E-state index in [0.717, 1.165) is 60.8 Å². The first-order valence-corrected chi connectivity index (χ1v) is 13.1. The number of aromatic nitrogens is 2. The molecule has 5 N–H and O–H groups in total. The molecule has 2 aliphatic heterocycles. The summed E-state index contributed by atoms with van der Waals surface area (Å²) in [5, 5.41) is 9.46. The van der Waals surface area contributed by atoms with Gasteiger partial charge in [-0.2, -0.15) is 0 Å². The van der Waals surface area contributed by atoms with Crippen LogP contribution < -0.4 is 26.6 Å². The average Bonchev–Trinajstić information content (AvgIpc) is 3.49. The van der Waals surface area contributed by atoms with Gasteiger partial charge in [-0.3, -0.25) is 9.59 Å². The minimum absolute atomic E-state index is 0.00556. The summed E-state index contributed by atoms with van der Waals surface area (Å²) in [6.45, 7) is 5.51. The summed E-state index contributed by atoms with van der Waals surface area (Å²) in [6, 6.07) is 17.1. The highest BCUT2D eigenvalue weighted by Gasteiger charge is 2.23.